The molecule has 26 heteroatoms. The van der Waals surface area contributed by atoms with Crippen molar-refractivity contribution in [2.24, 2.45) is 0 Å². The van der Waals surface area contributed by atoms with Gasteiger partial charge in [-0.3, -0.25) is 0 Å². The second-order valence-electron chi connectivity index (χ2n) is 29.8. The van der Waals surface area contributed by atoms with Crippen molar-refractivity contribution in [2.75, 3.05) is 0 Å². The van der Waals surface area contributed by atoms with E-state index in [9.17, 15) is 59.4 Å². The molecule has 0 saturated carbocycles. The van der Waals surface area contributed by atoms with Crippen LogP contribution < -0.4 is 30.6 Å². The topological polar surface area (TPSA) is 413 Å². The van der Waals surface area contributed by atoms with E-state index in [2.05, 4.69) is 84.5 Å². The number of hydrogen-bond acceptors (Lipinski definition) is 18. The minimum Gasteiger partial charge on any atom is -0.550 e. The Morgan fingerprint density at radius 1 is 0.216 bits per heavy atom. The van der Waals surface area contributed by atoms with Crippen LogP contribution in [0.1, 0.15) is 220 Å². The third-order valence-corrected chi connectivity index (χ3v) is 21.7. The van der Waals surface area contributed by atoms with Crippen LogP contribution in [0.4, 0.5) is 0 Å². The minimum absolute atomic E-state index is 0. The number of aliphatic carboxylic acids is 6. The molecule has 592 valence electrons. The number of carboxylic acid groups (broad SMARTS) is 6. The third kappa shape index (κ3) is 18.9. The molecule has 6 N–H and O–H groups in total. The van der Waals surface area contributed by atoms with Crippen molar-refractivity contribution < 1.29 is 93.5 Å². The largest absolute Gasteiger partial charge is 3.00 e. The molecule has 2 radical (unpaired) electrons. The second kappa shape index (κ2) is 35.2. The summed E-state index contributed by atoms with van der Waals surface area (Å²) < 4.78 is 0. The molecule has 0 spiro atoms. The van der Waals surface area contributed by atoms with E-state index in [4.69, 9.17) is 29.9 Å². The zero-order valence-corrected chi connectivity index (χ0v) is 68.4. The summed E-state index contributed by atoms with van der Waals surface area (Å²) >= 11 is 0. The van der Waals surface area contributed by atoms with E-state index in [0.717, 1.165) is 201 Å². The van der Waals surface area contributed by atoms with Crippen molar-refractivity contribution in [3.8, 4) is 0 Å². The summed E-state index contributed by atoms with van der Waals surface area (Å²) in [6, 6.07) is 35.8. The van der Waals surface area contributed by atoms with Gasteiger partial charge < -0.3 is 89.3 Å². The smallest absolute Gasteiger partial charge is 0.550 e. The first kappa shape index (κ1) is 84.6. The fraction of sp³-hybridized carbons (Fsp3) is 0.267. The predicted octanol–water partition coefficient (Wildman–Crippen LogP) is 11.6. The van der Waals surface area contributed by atoms with Crippen molar-refractivity contribution in [3.05, 3.63) is 211 Å². The summed E-state index contributed by atoms with van der Waals surface area (Å²) in [5.41, 5.74) is 35.8. The van der Waals surface area contributed by atoms with E-state index < -0.39 is 35.8 Å². The SMILES string of the molecule is CC1=C(CCC(=O)[O-])c2cc3nc(cc4[nH]c(cc4C)cc4[nH]c(cc1n2)cc4C)C(C)=C3CCC(=O)[O-].CC1=C(CCC(=O)[O-])c2cc3nc(cc4[nH]c(cc4C)cc4[nH]c(cc1n2)cc4C)C(C)=C3CCC(=O)[O-].CC1=C(CCC(=O)[O-])c2cc3nc(cc4[nH]c(cc4C)cc4[nH]c(cc1n2)cc4C)C(C)=C3CCC(=O)[O-].[Fe+3].[Fe+3]. The first-order valence-corrected chi connectivity index (χ1v) is 37.8. The summed E-state index contributed by atoms with van der Waals surface area (Å²) in [6.07, 6.45) is 0.789. The summed E-state index contributed by atoms with van der Waals surface area (Å²) in [5.74, 6) is -6.78. The van der Waals surface area contributed by atoms with Crippen molar-refractivity contribution in [1.82, 2.24) is 59.8 Å². The van der Waals surface area contributed by atoms with Gasteiger partial charge in [-0.25, -0.2) is 29.9 Å². The minimum atomic E-state index is -1.13. The van der Waals surface area contributed by atoms with E-state index >= 15 is 0 Å². The number of carbonyl (C=O) groups excluding carboxylic acids is 6. The Hall–Kier alpha value is -12.3. The third-order valence-electron chi connectivity index (χ3n) is 21.7. The number of aromatic nitrogens is 12. The molecule has 15 rings (SSSR count). The van der Waals surface area contributed by atoms with Crippen LogP contribution in [0.2, 0.25) is 0 Å². The molecule has 0 saturated heterocycles. The van der Waals surface area contributed by atoms with E-state index in [1.807, 2.05) is 138 Å². The van der Waals surface area contributed by atoms with Gasteiger partial charge in [0.2, 0.25) is 0 Å². The first-order valence-electron chi connectivity index (χ1n) is 37.8. The van der Waals surface area contributed by atoms with Gasteiger partial charge in [0.05, 0.1) is 68.3 Å². The Balaban J connectivity index is 0.000000170. The molecule has 0 fully saturated rings. The van der Waals surface area contributed by atoms with Crippen LogP contribution in [-0.2, 0) is 62.9 Å². The maximum Gasteiger partial charge on any atom is 3.00 e. The molecule has 6 aliphatic heterocycles. The molecule has 15 heterocycles. The number of allylic oxidation sites excluding steroid dienone is 12. The number of hydrogen-bond donors (Lipinski definition) is 6. The number of aromatic amines is 6. The van der Waals surface area contributed by atoms with Gasteiger partial charge in [0.1, 0.15) is 0 Å². The summed E-state index contributed by atoms with van der Waals surface area (Å²) in [7, 11) is 0. The van der Waals surface area contributed by atoms with Crippen molar-refractivity contribution in [1.29, 1.82) is 0 Å². The number of nitrogens with one attached hydrogen (secondary N) is 6. The van der Waals surface area contributed by atoms with Crippen LogP contribution in [0, 0.1) is 41.5 Å². The zero-order valence-electron chi connectivity index (χ0n) is 66.2. The number of H-pyrrole nitrogens is 6. The number of nitrogens with zero attached hydrogens (tertiary/aromatic N) is 6. The molecule has 0 amide bonds. The van der Waals surface area contributed by atoms with Gasteiger partial charge in [-0.15, -0.1) is 0 Å². The van der Waals surface area contributed by atoms with Crippen LogP contribution in [0.3, 0.4) is 0 Å². The Bertz CT molecular complexity index is 5780. The Kier molecular flexibility index (Phi) is 25.6. The van der Waals surface area contributed by atoms with E-state index in [0.29, 0.717) is 34.2 Å². The van der Waals surface area contributed by atoms with Gasteiger partial charge in [-0.2, -0.15) is 0 Å². The van der Waals surface area contributed by atoms with Crippen molar-refractivity contribution in [2.45, 2.75) is 160 Å². The van der Waals surface area contributed by atoms with Gasteiger partial charge >= 0.3 is 34.1 Å². The number of fused-ring (bicyclic) bond motifs is 24. The fourth-order valence-corrected chi connectivity index (χ4v) is 15.3. The second-order valence-corrected chi connectivity index (χ2v) is 29.8. The van der Waals surface area contributed by atoms with E-state index in [1.165, 1.54) is 0 Å². The summed E-state index contributed by atoms with van der Waals surface area (Å²) in [4.78, 5) is 118. The molecule has 24 bridgehead atoms. The van der Waals surface area contributed by atoms with Gasteiger partial charge in [0, 0.05) is 102 Å². The molecule has 24 nitrogen and oxygen atoms in total. The molecule has 0 aliphatic carbocycles. The fourth-order valence-electron chi connectivity index (χ4n) is 15.3. The van der Waals surface area contributed by atoms with E-state index in [1.54, 1.807) is 0 Å². The molecule has 9 aromatic rings. The molecular formula is C90H84Fe2N12O12. The number of carboxylic acids is 6. The zero-order chi connectivity index (χ0) is 81.4. The number of rotatable bonds is 18. The Labute approximate surface area is 689 Å². The number of aryl methyl sites for hydroxylation is 6. The van der Waals surface area contributed by atoms with Crippen LogP contribution in [-0.4, -0.2) is 95.6 Å². The first-order chi connectivity index (χ1) is 54.3. The van der Waals surface area contributed by atoms with Crippen LogP contribution in [0.5, 0.6) is 0 Å². The average Bonchev–Trinajstić information content (AvgIpc) is 1.64. The summed E-state index contributed by atoms with van der Waals surface area (Å²) in [6.45, 7) is 23.8. The summed E-state index contributed by atoms with van der Waals surface area (Å²) in [5, 5.41) is 67.8. The standard InChI is InChI=1S/3C30H30N4O4.2Fe/c3*1-15-9-20-12-25-17(3)21(5-7-29(35)36)27(33-25)14-28-22(6-8-30(37)38)18(4)26(34-28)13-24-16(2)10-19(32-24)11-23(15)31-20;;/h3*9-14,31-32H,5-8H2,1-4H3,(H,35,36)(H,37,38);;/q;;;2*+3/p-6. The van der Waals surface area contributed by atoms with Crippen LogP contribution in [0.25, 0.3) is 133 Å². The van der Waals surface area contributed by atoms with E-state index in [-0.39, 0.29) is 111 Å². The maximum atomic E-state index is 11.3. The normalized spacial score (nSPS) is 13.1. The molecule has 116 heavy (non-hydrogen) atoms. The molecule has 9 aromatic heterocycles. The van der Waals surface area contributed by atoms with Gasteiger partial charge in [0.25, 0.3) is 0 Å². The monoisotopic (exact) mass is 1640 g/mol. The van der Waals surface area contributed by atoms with Crippen molar-refractivity contribution >= 4 is 169 Å². The number of carbonyl (C=O) groups is 6. The molecule has 0 unspecified atom stereocenters. The van der Waals surface area contributed by atoms with Crippen molar-refractivity contribution in [3.63, 3.8) is 0 Å². The Morgan fingerprint density at radius 2 is 0.362 bits per heavy atom. The predicted molar refractivity (Wildman–Crippen MR) is 432 cm³/mol. The Morgan fingerprint density at radius 3 is 0.526 bits per heavy atom. The van der Waals surface area contributed by atoms with Crippen LogP contribution >= 0.6 is 0 Å². The molecule has 0 aromatic carbocycles. The van der Waals surface area contributed by atoms with Crippen LogP contribution in [0.15, 0.2) is 109 Å². The average molecular weight is 1640 g/mol. The quantitative estimate of drug-likeness (QED) is 0.0435. The maximum absolute atomic E-state index is 11.3. The van der Waals surface area contributed by atoms with Gasteiger partial charge in [-0.1, -0.05) is 0 Å². The molecule has 6 aliphatic rings. The molecule has 0 atom stereocenters. The molecular weight excluding hydrogens is 1550 g/mol. The van der Waals surface area contributed by atoms with Gasteiger partial charge in [-0.05, 0) is 370 Å². The van der Waals surface area contributed by atoms with Gasteiger partial charge in [0.15, 0.2) is 0 Å².